The maximum Gasteiger partial charge on any atom is 0.315 e. The topological polar surface area (TPSA) is 104 Å². The summed E-state index contributed by atoms with van der Waals surface area (Å²) in [6, 6.07) is 7.57. The Balaban J connectivity index is 2.00. The number of hydrogen-bond donors (Lipinski definition) is 3. The molecule has 7 heteroatoms. The average molecular weight is 261 g/mol. The minimum Gasteiger partial charge on any atom is -0.506 e. The number of carbonyl (C=O) groups is 2. The van der Waals surface area contributed by atoms with Crippen molar-refractivity contribution in [3.05, 3.63) is 36.1 Å². The Morgan fingerprint density at radius 1 is 1.21 bits per heavy atom. The van der Waals surface area contributed by atoms with Gasteiger partial charge in [0, 0.05) is 6.07 Å². The normalized spacial score (nSPS) is 9.95. The first-order valence-corrected chi connectivity index (χ1v) is 5.40. The van der Waals surface area contributed by atoms with E-state index in [1.807, 2.05) is 0 Å². The van der Waals surface area contributed by atoms with E-state index in [1.54, 1.807) is 19.1 Å². The molecule has 0 saturated carbocycles. The number of phenolic OH excluding ortho intramolecular Hbond substituents is 1. The highest BCUT2D eigenvalue weighted by Gasteiger charge is 2.16. The molecule has 0 fully saturated rings. The van der Waals surface area contributed by atoms with Crippen LogP contribution in [0.3, 0.4) is 0 Å². The number of nitrogens with one attached hydrogen (secondary N) is 2. The second kappa shape index (κ2) is 5.21. The second-order valence-electron chi connectivity index (χ2n) is 3.75. The fourth-order valence-corrected chi connectivity index (χ4v) is 1.36. The summed E-state index contributed by atoms with van der Waals surface area (Å²) in [5.41, 5.74) is 0.152. The standard InChI is InChI=1S/C12H11N3O4/c1-7-6-10(15-19-7)14-12(18)11(17)13-8-4-2-3-5-9(8)16/h2-6,16H,1H3,(H,13,17)(H,14,15,18). The van der Waals surface area contributed by atoms with Crippen molar-refractivity contribution in [1.82, 2.24) is 5.16 Å². The van der Waals surface area contributed by atoms with Crippen LogP contribution in [0, 0.1) is 6.92 Å². The lowest BCUT2D eigenvalue weighted by Crippen LogP contribution is -2.29. The largest absolute Gasteiger partial charge is 0.506 e. The number of nitrogens with zero attached hydrogens (tertiary/aromatic N) is 1. The fraction of sp³-hybridized carbons (Fsp3) is 0.0833. The molecule has 1 aromatic carbocycles. The Morgan fingerprint density at radius 2 is 1.89 bits per heavy atom. The third kappa shape index (κ3) is 3.09. The van der Waals surface area contributed by atoms with E-state index in [9.17, 15) is 14.7 Å². The van der Waals surface area contributed by atoms with E-state index < -0.39 is 11.8 Å². The minimum atomic E-state index is -0.915. The maximum absolute atomic E-state index is 11.6. The van der Waals surface area contributed by atoms with Gasteiger partial charge in [0.05, 0.1) is 5.69 Å². The molecule has 2 rings (SSSR count). The molecule has 3 N–H and O–H groups in total. The Morgan fingerprint density at radius 3 is 2.53 bits per heavy atom. The molecule has 0 saturated heterocycles. The first-order valence-electron chi connectivity index (χ1n) is 5.40. The molecular weight excluding hydrogens is 250 g/mol. The maximum atomic E-state index is 11.6. The van der Waals surface area contributed by atoms with Gasteiger partial charge in [0.25, 0.3) is 0 Å². The van der Waals surface area contributed by atoms with Crippen LogP contribution < -0.4 is 10.6 Å². The first-order chi connectivity index (χ1) is 9.06. The molecule has 0 aliphatic carbocycles. The fourth-order valence-electron chi connectivity index (χ4n) is 1.36. The number of aromatic hydroxyl groups is 1. The number of aryl methyl sites for hydroxylation is 1. The van der Waals surface area contributed by atoms with Crippen LogP contribution in [0.1, 0.15) is 5.76 Å². The van der Waals surface area contributed by atoms with E-state index in [0.717, 1.165) is 0 Å². The number of hydrogen-bond acceptors (Lipinski definition) is 5. The van der Waals surface area contributed by atoms with Gasteiger partial charge in [0.2, 0.25) is 0 Å². The quantitative estimate of drug-likeness (QED) is 0.557. The van der Waals surface area contributed by atoms with Crippen LogP contribution in [0.15, 0.2) is 34.9 Å². The predicted octanol–water partition coefficient (Wildman–Crippen LogP) is 1.27. The lowest BCUT2D eigenvalue weighted by atomic mass is 10.3. The summed E-state index contributed by atoms with van der Waals surface area (Å²) in [6.07, 6.45) is 0. The van der Waals surface area contributed by atoms with Crippen molar-refractivity contribution in [3.8, 4) is 5.75 Å². The summed E-state index contributed by atoms with van der Waals surface area (Å²) < 4.78 is 4.75. The molecule has 0 aliphatic heterocycles. The summed E-state index contributed by atoms with van der Waals surface area (Å²) >= 11 is 0. The van der Waals surface area contributed by atoms with Gasteiger partial charge in [-0.25, -0.2) is 0 Å². The predicted molar refractivity (Wildman–Crippen MR) is 66.6 cm³/mol. The summed E-state index contributed by atoms with van der Waals surface area (Å²) in [6.45, 7) is 1.66. The van der Waals surface area contributed by atoms with Crippen LogP contribution in [0.2, 0.25) is 0 Å². The van der Waals surface area contributed by atoms with Crippen molar-refractivity contribution in [3.63, 3.8) is 0 Å². The van der Waals surface area contributed by atoms with E-state index in [1.165, 1.54) is 18.2 Å². The van der Waals surface area contributed by atoms with Gasteiger partial charge in [-0.15, -0.1) is 0 Å². The third-order valence-electron chi connectivity index (χ3n) is 2.23. The zero-order valence-electron chi connectivity index (χ0n) is 10.0. The highest BCUT2D eigenvalue weighted by atomic mass is 16.5. The molecule has 0 unspecified atom stereocenters. The second-order valence-corrected chi connectivity index (χ2v) is 3.75. The van der Waals surface area contributed by atoms with Crippen molar-refractivity contribution >= 4 is 23.3 Å². The Kier molecular flexibility index (Phi) is 3.46. The number of benzene rings is 1. The molecule has 1 heterocycles. The number of carbonyl (C=O) groups excluding carboxylic acids is 2. The Bertz CT molecular complexity index is 621. The van der Waals surface area contributed by atoms with Crippen LogP contribution >= 0.6 is 0 Å². The molecule has 19 heavy (non-hydrogen) atoms. The van der Waals surface area contributed by atoms with Crippen molar-refractivity contribution in [2.24, 2.45) is 0 Å². The van der Waals surface area contributed by atoms with Gasteiger partial charge in [0.1, 0.15) is 11.5 Å². The lowest BCUT2D eigenvalue weighted by Gasteiger charge is -2.05. The number of aromatic nitrogens is 1. The monoisotopic (exact) mass is 261 g/mol. The zero-order valence-corrected chi connectivity index (χ0v) is 10.0. The number of rotatable bonds is 2. The lowest BCUT2D eigenvalue weighted by molar-refractivity contribution is -0.133. The van der Waals surface area contributed by atoms with Gasteiger partial charge in [-0.05, 0) is 19.1 Å². The van der Waals surface area contributed by atoms with E-state index in [-0.39, 0.29) is 17.3 Å². The summed E-state index contributed by atoms with van der Waals surface area (Å²) in [4.78, 5) is 23.1. The highest BCUT2D eigenvalue weighted by Crippen LogP contribution is 2.21. The van der Waals surface area contributed by atoms with Crippen LogP contribution in [0.4, 0.5) is 11.5 Å². The van der Waals surface area contributed by atoms with Gasteiger partial charge < -0.3 is 14.9 Å². The number of para-hydroxylation sites is 2. The number of anilines is 2. The summed E-state index contributed by atoms with van der Waals surface area (Å²) in [7, 11) is 0. The molecule has 98 valence electrons. The molecule has 0 aliphatic rings. The van der Waals surface area contributed by atoms with E-state index >= 15 is 0 Å². The van der Waals surface area contributed by atoms with Crippen molar-refractivity contribution in [2.75, 3.05) is 10.6 Å². The van der Waals surface area contributed by atoms with Gasteiger partial charge in [-0.1, -0.05) is 17.3 Å². The molecule has 2 amide bonds. The van der Waals surface area contributed by atoms with Crippen LogP contribution in [0.25, 0.3) is 0 Å². The molecular formula is C12H11N3O4. The molecule has 7 nitrogen and oxygen atoms in total. The van der Waals surface area contributed by atoms with Crippen molar-refractivity contribution in [1.29, 1.82) is 0 Å². The Labute approximate surface area is 108 Å². The highest BCUT2D eigenvalue weighted by molar-refractivity contribution is 6.43. The molecule has 1 aromatic heterocycles. The van der Waals surface area contributed by atoms with Gasteiger partial charge >= 0.3 is 11.8 Å². The molecule has 0 spiro atoms. The molecule has 0 bridgehead atoms. The zero-order chi connectivity index (χ0) is 13.8. The van der Waals surface area contributed by atoms with Gasteiger partial charge in [-0.3, -0.25) is 14.9 Å². The number of amides is 2. The summed E-state index contributed by atoms with van der Waals surface area (Å²) in [5, 5.41) is 17.5. The van der Waals surface area contributed by atoms with Crippen LogP contribution in [0.5, 0.6) is 5.75 Å². The molecule has 0 atom stereocenters. The van der Waals surface area contributed by atoms with Crippen LogP contribution in [-0.4, -0.2) is 22.1 Å². The molecule has 0 radical (unpaired) electrons. The van der Waals surface area contributed by atoms with Crippen LogP contribution in [-0.2, 0) is 9.59 Å². The third-order valence-corrected chi connectivity index (χ3v) is 2.23. The van der Waals surface area contributed by atoms with Gasteiger partial charge in [-0.2, -0.15) is 0 Å². The average Bonchev–Trinajstić information content (AvgIpc) is 2.77. The van der Waals surface area contributed by atoms with E-state index in [4.69, 9.17) is 4.52 Å². The minimum absolute atomic E-state index is 0.124. The van der Waals surface area contributed by atoms with Crippen molar-refractivity contribution < 1.29 is 19.2 Å². The Hall–Kier alpha value is -2.83. The SMILES string of the molecule is Cc1cc(NC(=O)C(=O)Nc2ccccc2O)no1. The van der Waals surface area contributed by atoms with E-state index in [0.29, 0.717) is 5.76 Å². The first kappa shape index (κ1) is 12.6. The smallest absolute Gasteiger partial charge is 0.315 e. The number of phenols is 1. The van der Waals surface area contributed by atoms with E-state index in [2.05, 4.69) is 15.8 Å². The van der Waals surface area contributed by atoms with Gasteiger partial charge in [0.15, 0.2) is 5.82 Å². The summed E-state index contributed by atoms with van der Waals surface area (Å²) in [5.74, 6) is -1.29. The molecule has 2 aromatic rings. The van der Waals surface area contributed by atoms with Crippen molar-refractivity contribution in [2.45, 2.75) is 6.92 Å².